The topological polar surface area (TPSA) is 50.4 Å². The SMILES string of the molecule is CCC(C)Oc1cccc(NCCNC(C)=O)c1. The molecule has 0 aliphatic carbocycles. The van der Waals surface area contributed by atoms with Gasteiger partial charge in [-0.2, -0.15) is 0 Å². The van der Waals surface area contributed by atoms with Crippen LogP contribution in [0.3, 0.4) is 0 Å². The minimum absolute atomic E-state index is 0.00865. The molecule has 0 bridgehead atoms. The van der Waals surface area contributed by atoms with Crippen LogP contribution in [0.1, 0.15) is 27.2 Å². The van der Waals surface area contributed by atoms with Crippen LogP contribution < -0.4 is 15.4 Å². The first-order valence-corrected chi connectivity index (χ1v) is 6.37. The Bertz CT molecular complexity index is 380. The monoisotopic (exact) mass is 250 g/mol. The van der Waals surface area contributed by atoms with Crippen LogP contribution in [0.15, 0.2) is 24.3 Å². The minimum atomic E-state index is -0.00865. The Morgan fingerprint density at radius 2 is 2.17 bits per heavy atom. The largest absolute Gasteiger partial charge is 0.491 e. The number of hydrogen-bond donors (Lipinski definition) is 2. The van der Waals surface area contributed by atoms with E-state index < -0.39 is 0 Å². The highest BCUT2D eigenvalue weighted by Crippen LogP contribution is 2.18. The molecule has 1 aromatic rings. The number of amides is 1. The fourth-order valence-corrected chi connectivity index (χ4v) is 1.44. The van der Waals surface area contributed by atoms with Crippen LogP contribution in [-0.2, 0) is 4.79 Å². The van der Waals surface area contributed by atoms with Crippen molar-refractivity contribution in [2.24, 2.45) is 0 Å². The van der Waals surface area contributed by atoms with Gasteiger partial charge in [0.05, 0.1) is 6.10 Å². The van der Waals surface area contributed by atoms with E-state index in [1.165, 1.54) is 6.92 Å². The molecule has 0 saturated carbocycles. The molecular weight excluding hydrogens is 228 g/mol. The Balaban J connectivity index is 2.41. The molecule has 1 rings (SSSR count). The molecule has 0 aliphatic heterocycles. The average Bonchev–Trinajstić information content (AvgIpc) is 2.35. The average molecular weight is 250 g/mol. The van der Waals surface area contributed by atoms with Gasteiger partial charge >= 0.3 is 0 Å². The fraction of sp³-hybridized carbons (Fsp3) is 0.500. The van der Waals surface area contributed by atoms with E-state index in [0.29, 0.717) is 13.1 Å². The second kappa shape index (κ2) is 7.58. The van der Waals surface area contributed by atoms with E-state index in [1.807, 2.05) is 24.3 Å². The first-order valence-electron chi connectivity index (χ1n) is 6.37. The molecule has 4 heteroatoms. The molecule has 0 radical (unpaired) electrons. The first-order chi connectivity index (χ1) is 8.61. The van der Waals surface area contributed by atoms with Gasteiger partial charge in [0, 0.05) is 31.8 Å². The lowest BCUT2D eigenvalue weighted by Gasteiger charge is -2.14. The predicted molar refractivity (Wildman–Crippen MR) is 74.0 cm³/mol. The third-order valence-electron chi connectivity index (χ3n) is 2.57. The fourth-order valence-electron chi connectivity index (χ4n) is 1.44. The summed E-state index contributed by atoms with van der Waals surface area (Å²) in [6.45, 7) is 6.98. The maximum Gasteiger partial charge on any atom is 0.216 e. The molecule has 2 N–H and O–H groups in total. The van der Waals surface area contributed by atoms with E-state index in [0.717, 1.165) is 17.9 Å². The molecule has 1 unspecified atom stereocenters. The number of hydrogen-bond acceptors (Lipinski definition) is 3. The summed E-state index contributed by atoms with van der Waals surface area (Å²) in [6, 6.07) is 7.86. The molecule has 4 nitrogen and oxygen atoms in total. The number of carbonyl (C=O) groups is 1. The van der Waals surface area contributed by atoms with Crippen molar-refractivity contribution in [1.82, 2.24) is 5.32 Å². The van der Waals surface area contributed by atoms with Crippen molar-refractivity contribution in [3.05, 3.63) is 24.3 Å². The van der Waals surface area contributed by atoms with Crippen LogP contribution >= 0.6 is 0 Å². The summed E-state index contributed by atoms with van der Waals surface area (Å²) in [5.41, 5.74) is 1.00. The molecule has 1 atom stereocenters. The second-order valence-corrected chi connectivity index (χ2v) is 4.27. The molecule has 0 aliphatic rings. The van der Waals surface area contributed by atoms with E-state index in [4.69, 9.17) is 4.74 Å². The van der Waals surface area contributed by atoms with Crippen molar-refractivity contribution in [3.63, 3.8) is 0 Å². The van der Waals surface area contributed by atoms with Crippen molar-refractivity contribution in [1.29, 1.82) is 0 Å². The maximum atomic E-state index is 10.7. The maximum absolute atomic E-state index is 10.7. The van der Waals surface area contributed by atoms with E-state index in [9.17, 15) is 4.79 Å². The molecule has 0 spiro atoms. The zero-order valence-electron chi connectivity index (χ0n) is 11.3. The molecule has 0 fully saturated rings. The number of benzene rings is 1. The van der Waals surface area contributed by atoms with E-state index in [-0.39, 0.29) is 12.0 Å². The smallest absolute Gasteiger partial charge is 0.216 e. The van der Waals surface area contributed by atoms with Gasteiger partial charge in [0.15, 0.2) is 0 Å². The highest BCUT2D eigenvalue weighted by molar-refractivity contribution is 5.72. The Morgan fingerprint density at radius 1 is 1.39 bits per heavy atom. The highest BCUT2D eigenvalue weighted by Gasteiger charge is 2.01. The van der Waals surface area contributed by atoms with Gasteiger partial charge < -0.3 is 15.4 Å². The van der Waals surface area contributed by atoms with E-state index >= 15 is 0 Å². The summed E-state index contributed by atoms with van der Waals surface area (Å²) in [5, 5.41) is 5.98. The van der Waals surface area contributed by atoms with Crippen LogP contribution in [0.4, 0.5) is 5.69 Å². The van der Waals surface area contributed by atoms with E-state index in [2.05, 4.69) is 24.5 Å². The third-order valence-corrected chi connectivity index (χ3v) is 2.57. The van der Waals surface area contributed by atoms with Gasteiger partial charge in [0.2, 0.25) is 5.91 Å². The van der Waals surface area contributed by atoms with Crippen LogP contribution in [0.25, 0.3) is 0 Å². The lowest BCUT2D eigenvalue weighted by Crippen LogP contribution is -2.26. The Kier molecular flexibility index (Phi) is 6.05. The van der Waals surface area contributed by atoms with Gasteiger partial charge in [-0.1, -0.05) is 13.0 Å². The molecular formula is C14H22N2O2. The third kappa shape index (κ3) is 5.57. The van der Waals surface area contributed by atoms with Crippen molar-refractivity contribution in [2.75, 3.05) is 18.4 Å². The molecule has 0 saturated heterocycles. The normalized spacial score (nSPS) is 11.7. The Hall–Kier alpha value is -1.71. The van der Waals surface area contributed by atoms with Crippen molar-refractivity contribution in [2.45, 2.75) is 33.3 Å². The summed E-state index contributed by atoms with van der Waals surface area (Å²) in [4.78, 5) is 10.7. The van der Waals surface area contributed by atoms with Gasteiger partial charge in [-0.3, -0.25) is 4.79 Å². The lowest BCUT2D eigenvalue weighted by atomic mass is 10.2. The number of nitrogens with one attached hydrogen (secondary N) is 2. The predicted octanol–water partition coefficient (Wildman–Crippen LogP) is 2.41. The van der Waals surface area contributed by atoms with Gasteiger partial charge in [0.1, 0.15) is 5.75 Å². The van der Waals surface area contributed by atoms with Gasteiger partial charge in [0.25, 0.3) is 0 Å². The molecule has 0 heterocycles. The van der Waals surface area contributed by atoms with Crippen LogP contribution in [0, 0.1) is 0 Å². The molecule has 1 amide bonds. The first kappa shape index (κ1) is 14.4. The summed E-state index contributed by atoms with van der Waals surface area (Å²) >= 11 is 0. The van der Waals surface area contributed by atoms with E-state index in [1.54, 1.807) is 0 Å². The van der Waals surface area contributed by atoms with Crippen LogP contribution in [0.5, 0.6) is 5.75 Å². The summed E-state index contributed by atoms with van der Waals surface area (Å²) in [7, 11) is 0. The molecule has 100 valence electrons. The van der Waals surface area contributed by atoms with Crippen molar-refractivity contribution >= 4 is 11.6 Å². The standard InChI is InChI=1S/C14H22N2O2/c1-4-11(2)18-14-7-5-6-13(10-14)16-9-8-15-12(3)17/h5-7,10-11,16H,4,8-9H2,1-3H3,(H,15,17). The Labute approximate surface area is 109 Å². The zero-order chi connectivity index (χ0) is 13.4. The molecule has 18 heavy (non-hydrogen) atoms. The van der Waals surface area contributed by atoms with Gasteiger partial charge in [-0.25, -0.2) is 0 Å². The number of ether oxygens (including phenoxy) is 1. The molecule has 1 aromatic carbocycles. The second-order valence-electron chi connectivity index (χ2n) is 4.27. The van der Waals surface area contributed by atoms with Crippen LogP contribution in [-0.4, -0.2) is 25.1 Å². The lowest BCUT2D eigenvalue weighted by molar-refractivity contribution is -0.118. The summed E-state index contributed by atoms with van der Waals surface area (Å²) < 4.78 is 5.74. The quantitative estimate of drug-likeness (QED) is 0.731. The van der Waals surface area contributed by atoms with Gasteiger partial charge in [-0.15, -0.1) is 0 Å². The Morgan fingerprint density at radius 3 is 2.83 bits per heavy atom. The van der Waals surface area contributed by atoms with Gasteiger partial charge in [-0.05, 0) is 25.5 Å². The number of carbonyl (C=O) groups excluding carboxylic acids is 1. The number of rotatable bonds is 7. The molecule has 0 aromatic heterocycles. The summed E-state index contributed by atoms with van der Waals surface area (Å²) in [5.74, 6) is 0.861. The number of anilines is 1. The van der Waals surface area contributed by atoms with Crippen LogP contribution in [0.2, 0.25) is 0 Å². The van der Waals surface area contributed by atoms with Crippen molar-refractivity contribution in [3.8, 4) is 5.75 Å². The highest BCUT2D eigenvalue weighted by atomic mass is 16.5. The summed E-state index contributed by atoms with van der Waals surface area (Å²) in [6.07, 6.45) is 1.21. The van der Waals surface area contributed by atoms with Crippen molar-refractivity contribution < 1.29 is 9.53 Å². The minimum Gasteiger partial charge on any atom is -0.491 e. The zero-order valence-corrected chi connectivity index (χ0v) is 11.3.